The molecule has 34 heavy (non-hydrogen) atoms. The third-order valence-electron chi connectivity index (χ3n) is 6.36. The lowest BCUT2D eigenvalue weighted by atomic mass is 10.2. The Morgan fingerprint density at radius 3 is 2.62 bits per heavy atom. The molecule has 0 saturated heterocycles. The fraction of sp³-hybridized carbons (Fsp3) is 0.423. The van der Waals surface area contributed by atoms with Crippen LogP contribution in [-0.4, -0.2) is 44.0 Å². The van der Waals surface area contributed by atoms with Crippen LogP contribution in [0.1, 0.15) is 49.7 Å². The van der Waals surface area contributed by atoms with Crippen LogP contribution in [0.4, 0.5) is 4.39 Å². The molecular weight excluding hydrogens is 435 g/mol. The number of fused-ring (bicyclic) bond motifs is 2. The normalized spacial score (nSPS) is 14.8. The molecule has 8 heteroatoms. The first-order chi connectivity index (χ1) is 16.2. The lowest BCUT2D eigenvalue weighted by Crippen LogP contribution is -2.14. The average Bonchev–Trinajstić information content (AvgIpc) is 3.30. The number of hydrogen-bond acceptors (Lipinski definition) is 5. The van der Waals surface area contributed by atoms with Crippen LogP contribution in [0.15, 0.2) is 30.3 Å². The van der Waals surface area contributed by atoms with E-state index < -0.39 is 11.6 Å². The Morgan fingerprint density at radius 2 is 1.97 bits per heavy atom. The van der Waals surface area contributed by atoms with Gasteiger partial charge >= 0.3 is 5.97 Å². The van der Waals surface area contributed by atoms with Crippen LogP contribution in [0.2, 0.25) is 0 Å². The van der Waals surface area contributed by atoms with Gasteiger partial charge in [0, 0.05) is 18.1 Å². The number of hydrogen-bond donors (Lipinski definition) is 0. The number of imidazole rings is 1. The maximum atomic E-state index is 15.0. The van der Waals surface area contributed by atoms with E-state index in [4.69, 9.17) is 19.4 Å². The number of rotatable bonds is 7. The van der Waals surface area contributed by atoms with Crippen molar-refractivity contribution in [3.8, 4) is 17.3 Å². The summed E-state index contributed by atoms with van der Waals surface area (Å²) in [5.41, 5.74) is 3.03. The summed E-state index contributed by atoms with van der Waals surface area (Å²) in [5, 5.41) is 0.941. The lowest BCUT2D eigenvalue weighted by molar-refractivity contribution is 0.0377. The highest BCUT2D eigenvalue weighted by atomic mass is 19.1. The first-order valence-corrected chi connectivity index (χ1v) is 11.7. The largest absolute Gasteiger partial charge is 0.494 e. The zero-order chi connectivity index (χ0) is 24.2. The number of esters is 1. The predicted octanol–water partition coefficient (Wildman–Crippen LogP) is 5.23. The highest BCUT2D eigenvalue weighted by Crippen LogP contribution is 2.43. The number of ether oxygens (including phenoxy) is 2. The van der Waals surface area contributed by atoms with E-state index in [1.54, 1.807) is 33.1 Å². The van der Waals surface area contributed by atoms with Crippen molar-refractivity contribution in [3.05, 3.63) is 41.6 Å². The van der Waals surface area contributed by atoms with Gasteiger partial charge in [-0.1, -0.05) is 6.92 Å². The number of halogens is 1. The summed E-state index contributed by atoms with van der Waals surface area (Å²) in [6.07, 6.45) is 1.67. The zero-order valence-corrected chi connectivity index (χ0v) is 20.2. The molecule has 1 saturated carbocycles. The van der Waals surface area contributed by atoms with Gasteiger partial charge in [0.15, 0.2) is 5.82 Å². The Kier molecular flexibility index (Phi) is 5.34. The number of aryl methyl sites for hydroxylation is 2. The van der Waals surface area contributed by atoms with E-state index in [2.05, 4.69) is 6.92 Å². The van der Waals surface area contributed by atoms with Crippen LogP contribution in [0.25, 0.3) is 33.6 Å². The molecule has 0 aliphatic heterocycles. The predicted molar refractivity (Wildman–Crippen MR) is 129 cm³/mol. The topological polar surface area (TPSA) is 71.2 Å². The number of carbonyl (C=O) groups is 1. The van der Waals surface area contributed by atoms with Crippen molar-refractivity contribution in [1.82, 2.24) is 19.1 Å². The molecule has 178 valence electrons. The molecule has 1 aliphatic rings. The van der Waals surface area contributed by atoms with Crippen molar-refractivity contribution < 1.29 is 18.7 Å². The summed E-state index contributed by atoms with van der Waals surface area (Å²) < 4.78 is 29.8. The number of carbonyl (C=O) groups excluding carboxylic acids is 1. The number of pyridine rings is 1. The first kappa shape index (κ1) is 22.4. The second kappa shape index (κ2) is 8.11. The van der Waals surface area contributed by atoms with E-state index in [9.17, 15) is 9.18 Å². The number of benzene rings is 1. The molecule has 0 bridgehead atoms. The molecule has 4 aromatic rings. The Bertz CT molecular complexity index is 1410. The zero-order valence-electron chi connectivity index (χ0n) is 20.2. The molecule has 3 heterocycles. The molecule has 0 amide bonds. The Morgan fingerprint density at radius 1 is 1.21 bits per heavy atom. The number of alkyl halides is 1. The highest BCUT2D eigenvalue weighted by molar-refractivity contribution is 5.97. The minimum Gasteiger partial charge on any atom is -0.494 e. The van der Waals surface area contributed by atoms with Gasteiger partial charge in [0.25, 0.3) is 0 Å². The van der Waals surface area contributed by atoms with E-state index in [0.29, 0.717) is 35.5 Å². The highest BCUT2D eigenvalue weighted by Gasteiger charge is 2.44. The number of aromatic nitrogens is 4. The summed E-state index contributed by atoms with van der Waals surface area (Å²) in [5.74, 6) is 0.747. The Balaban J connectivity index is 1.71. The minimum atomic E-state index is -1.21. The van der Waals surface area contributed by atoms with Gasteiger partial charge in [-0.2, -0.15) is 0 Å². The monoisotopic (exact) mass is 464 g/mol. The minimum absolute atomic E-state index is 0.234. The molecule has 3 aromatic heterocycles. The molecule has 5 rings (SSSR count). The maximum Gasteiger partial charge on any atom is 0.338 e. The van der Waals surface area contributed by atoms with E-state index >= 15 is 0 Å². The van der Waals surface area contributed by atoms with Crippen molar-refractivity contribution >= 4 is 28.0 Å². The second-order valence-corrected chi connectivity index (χ2v) is 9.33. The van der Waals surface area contributed by atoms with Crippen molar-refractivity contribution in [2.24, 2.45) is 7.05 Å². The first-order valence-electron chi connectivity index (χ1n) is 11.7. The van der Waals surface area contributed by atoms with E-state index in [1.165, 1.54) is 0 Å². The van der Waals surface area contributed by atoms with Crippen LogP contribution in [-0.2, 0) is 24.8 Å². The Labute approximate surface area is 197 Å². The summed E-state index contributed by atoms with van der Waals surface area (Å²) in [4.78, 5) is 22.2. The summed E-state index contributed by atoms with van der Waals surface area (Å²) in [6.45, 7) is 5.90. The molecule has 0 atom stereocenters. The van der Waals surface area contributed by atoms with E-state index in [1.807, 2.05) is 34.4 Å². The summed E-state index contributed by atoms with van der Waals surface area (Å²) in [6, 6.07) is 9.43. The van der Waals surface area contributed by atoms with Crippen LogP contribution in [0, 0.1) is 0 Å². The van der Waals surface area contributed by atoms with Gasteiger partial charge in [0.1, 0.15) is 22.6 Å². The van der Waals surface area contributed by atoms with Gasteiger partial charge in [-0.3, -0.25) is 0 Å². The Hall–Kier alpha value is -3.42. The van der Waals surface area contributed by atoms with Gasteiger partial charge in [0.2, 0.25) is 0 Å². The second-order valence-electron chi connectivity index (χ2n) is 9.33. The molecule has 1 aromatic carbocycles. The van der Waals surface area contributed by atoms with Crippen molar-refractivity contribution in [2.75, 3.05) is 7.11 Å². The third-order valence-corrected chi connectivity index (χ3v) is 6.36. The quantitative estimate of drug-likeness (QED) is 0.350. The fourth-order valence-electron chi connectivity index (χ4n) is 4.38. The molecule has 0 unspecified atom stereocenters. The van der Waals surface area contributed by atoms with Crippen LogP contribution < -0.4 is 4.74 Å². The lowest BCUT2D eigenvalue weighted by Gasteiger charge is -2.13. The van der Waals surface area contributed by atoms with Crippen LogP contribution >= 0.6 is 0 Å². The summed E-state index contributed by atoms with van der Waals surface area (Å²) >= 11 is 0. The standard InChI is InChI=1S/C26H29FN4O3/c1-6-18-8-7-16-12-20(31(23(16)28-18)14-26(27)9-10-26)24-29-19-11-17(25(32)34-15(2)3)13-21(33-5)22(19)30(24)4/h7-8,11-13,15H,6,9-10,14H2,1-5H3. The average molecular weight is 465 g/mol. The van der Waals surface area contributed by atoms with Crippen LogP contribution in [0.3, 0.4) is 0 Å². The van der Waals surface area contributed by atoms with Crippen LogP contribution in [0.5, 0.6) is 5.75 Å². The van der Waals surface area contributed by atoms with Gasteiger partial charge in [-0.15, -0.1) is 0 Å². The van der Waals surface area contributed by atoms with Gasteiger partial charge < -0.3 is 18.6 Å². The SMILES string of the molecule is CCc1ccc2cc(-c3nc4cc(C(=O)OC(C)C)cc(OC)c4n3C)n(CC3(F)CC3)c2n1. The molecule has 0 spiro atoms. The van der Waals surface area contributed by atoms with E-state index in [-0.39, 0.29) is 12.6 Å². The third kappa shape index (κ3) is 3.81. The smallest absolute Gasteiger partial charge is 0.338 e. The molecule has 1 aliphatic carbocycles. The molecule has 0 radical (unpaired) electrons. The van der Waals surface area contributed by atoms with Gasteiger partial charge in [0.05, 0.1) is 36.5 Å². The number of nitrogens with zero attached hydrogens (tertiary/aromatic N) is 4. The molecule has 0 N–H and O–H groups in total. The van der Waals surface area contributed by atoms with Crippen molar-refractivity contribution in [3.63, 3.8) is 0 Å². The molecule has 7 nitrogen and oxygen atoms in total. The number of methoxy groups -OCH3 is 1. The van der Waals surface area contributed by atoms with E-state index in [0.717, 1.165) is 34.4 Å². The van der Waals surface area contributed by atoms with Gasteiger partial charge in [-0.05, 0) is 63.4 Å². The van der Waals surface area contributed by atoms with Gasteiger partial charge in [-0.25, -0.2) is 19.2 Å². The molecule has 1 fully saturated rings. The summed E-state index contributed by atoms with van der Waals surface area (Å²) in [7, 11) is 3.46. The van der Waals surface area contributed by atoms with Crippen molar-refractivity contribution in [2.45, 2.75) is 58.4 Å². The molecular formula is C26H29FN4O3. The van der Waals surface area contributed by atoms with Crippen molar-refractivity contribution in [1.29, 1.82) is 0 Å². The maximum absolute atomic E-state index is 15.0. The fourth-order valence-corrected chi connectivity index (χ4v) is 4.38.